The molecule has 0 spiro atoms. The van der Waals surface area contributed by atoms with Gasteiger partial charge in [0.25, 0.3) is 0 Å². The van der Waals surface area contributed by atoms with Crippen LogP contribution in [0.4, 0.5) is 0 Å². The molecule has 3 rings (SSSR count). The highest BCUT2D eigenvalue weighted by molar-refractivity contribution is 7.89. The van der Waals surface area contributed by atoms with Gasteiger partial charge >= 0.3 is 0 Å². The van der Waals surface area contributed by atoms with Gasteiger partial charge in [-0.15, -0.1) is 0 Å². The van der Waals surface area contributed by atoms with Crippen LogP contribution in [0.25, 0.3) is 10.9 Å². The molecule has 0 saturated carbocycles. The van der Waals surface area contributed by atoms with E-state index in [1.54, 1.807) is 12.1 Å². The average Bonchev–Trinajstić information content (AvgIpc) is 2.71. The summed E-state index contributed by atoms with van der Waals surface area (Å²) >= 11 is 0. The van der Waals surface area contributed by atoms with Crippen molar-refractivity contribution in [1.29, 1.82) is 0 Å². The van der Waals surface area contributed by atoms with E-state index in [2.05, 4.69) is 15.0 Å². The van der Waals surface area contributed by atoms with Gasteiger partial charge in [0.15, 0.2) is 0 Å². The number of carbonyl (C=O) groups excluding carboxylic acids is 1. The van der Waals surface area contributed by atoms with Crippen molar-refractivity contribution >= 4 is 26.8 Å². The maximum atomic E-state index is 12.4. The molecular formula is C21H23N3O4S. The van der Waals surface area contributed by atoms with E-state index >= 15 is 0 Å². The van der Waals surface area contributed by atoms with Gasteiger partial charge in [0, 0.05) is 31.1 Å². The van der Waals surface area contributed by atoms with Crippen LogP contribution in [0, 0.1) is 0 Å². The van der Waals surface area contributed by atoms with Crippen LogP contribution in [0.5, 0.6) is 0 Å². The van der Waals surface area contributed by atoms with Gasteiger partial charge in [-0.1, -0.05) is 30.3 Å². The molecule has 2 aromatic carbocycles. The van der Waals surface area contributed by atoms with Crippen molar-refractivity contribution in [3.05, 3.63) is 76.6 Å². The Kier molecular flexibility index (Phi) is 6.79. The lowest BCUT2D eigenvalue weighted by Gasteiger charge is -2.08. The zero-order valence-electron chi connectivity index (χ0n) is 15.9. The average molecular weight is 413 g/mol. The molecule has 0 aliphatic carbocycles. The third-order valence-electron chi connectivity index (χ3n) is 4.46. The Morgan fingerprint density at radius 2 is 1.76 bits per heavy atom. The van der Waals surface area contributed by atoms with E-state index in [0.717, 1.165) is 12.8 Å². The van der Waals surface area contributed by atoms with Crippen molar-refractivity contribution in [3.63, 3.8) is 0 Å². The third-order valence-corrected chi connectivity index (χ3v) is 5.92. The van der Waals surface area contributed by atoms with E-state index in [-0.39, 0.29) is 29.3 Å². The lowest BCUT2D eigenvalue weighted by Crippen LogP contribution is -2.31. The Morgan fingerprint density at radius 1 is 0.966 bits per heavy atom. The fourth-order valence-corrected chi connectivity index (χ4v) is 4.00. The quantitative estimate of drug-likeness (QED) is 0.466. The summed E-state index contributed by atoms with van der Waals surface area (Å²) < 4.78 is 27.3. The molecule has 3 aromatic rings. The molecule has 0 bridgehead atoms. The number of H-pyrrole nitrogens is 1. The van der Waals surface area contributed by atoms with Crippen LogP contribution in [0.15, 0.2) is 70.4 Å². The van der Waals surface area contributed by atoms with Gasteiger partial charge in [0.05, 0.1) is 4.90 Å². The fraction of sp³-hybridized carbons (Fsp3) is 0.238. The first-order valence-electron chi connectivity index (χ1n) is 9.37. The van der Waals surface area contributed by atoms with Gasteiger partial charge in [-0.3, -0.25) is 9.59 Å². The number of aromatic amines is 1. The van der Waals surface area contributed by atoms with Crippen LogP contribution in [-0.2, 0) is 21.2 Å². The van der Waals surface area contributed by atoms with Crippen LogP contribution in [0.2, 0.25) is 0 Å². The summed E-state index contributed by atoms with van der Waals surface area (Å²) in [5.41, 5.74) is 1.53. The van der Waals surface area contributed by atoms with Crippen molar-refractivity contribution < 1.29 is 13.2 Å². The highest BCUT2D eigenvalue weighted by Gasteiger charge is 2.15. The number of hydrogen-bond donors (Lipinski definition) is 3. The number of rotatable bonds is 9. The molecule has 7 nitrogen and oxygen atoms in total. The number of amides is 1. The van der Waals surface area contributed by atoms with Gasteiger partial charge in [-0.2, -0.15) is 0 Å². The SMILES string of the molecule is O=C(CCNS(=O)(=O)c1ccc2[nH]c(=O)ccc2c1)NCCCc1ccccc1. The molecule has 1 heterocycles. The summed E-state index contributed by atoms with van der Waals surface area (Å²) in [5.74, 6) is -0.197. The van der Waals surface area contributed by atoms with Crippen molar-refractivity contribution in [2.24, 2.45) is 0 Å². The number of pyridine rings is 1. The molecule has 0 saturated heterocycles. The topological polar surface area (TPSA) is 108 Å². The molecule has 0 aliphatic heterocycles. The highest BCUT2D eigenvalue weighted by Crippen LogP contribution is 2.16. The van der Waals surface area contributed by atoms with E-state index < -0.39 is 10.0 Å². The maximum Gasteiger partial charge on any atom is 0.248 e. The van der Waals surface area contributed by atoms with Crippen LogP contribution in [0.1, 0.15) is 18.4 Å². The lowest BCUT2D eigenvalue weighted by molar-refractivity contribution is -0.120. The largest absolute Gasteiger partial charge is 0.356 e. The van der Waals surface area contributed by atoms with Gasteiger partial charge in [0.1, 0.15) is 0 Å². The van der Waals surface area contributed by atoms with E-state index in [9.17, 15) is 18.0 Å². The normalized spacial score (nSPS) is 11.4. The molecule has 0 unspecified atom stereocenters. The fourth-order valence-electron chi connectivity index (χ4n) is 2.94. The Hall–Kier alpha value is -2.97. The second kappa shape index (κ2) is 9.49. The number of aromatic nitrogens is 1. The molecule has 0 fully saturated rings. The lowest BCUT2D eigenvalue weighted by atomic mass is 10.1. The Bertz CT molecular complexity index is 1140. The second-order valence-corrected chi connectivity index (χ2v) is 8.43. The van der Waals surface area contributed by atoms with Crippen LogP contribution in [-0.4, -0.2) is 32.4 Å². The second-order valence-electron chi connectivity index (χ2n) is 6.66. The van der Waals surface area contributed by atoms with Gasteiger partial charge in [0.2, 0.25) is 21.5 Å². The summed E-state index contributed by atoms with van der Waals surface area (Å²) in [6.45, 7) is 0.555. The predicted octanol–water partition coefficient (Wildman–Crippen LogP) is 1.95. The number of sulfonamides is 1. The molecule has 29 heavy (non-hydrogen) atoms. The number of hydrogen-bond acceptors (Lipinski definition) is 4. The molecule has 0 atom stereocenters. The molecule has 1 aromatic heterocycles. The Morgan fingerprint density at radius 3 is 2.55 bits per heavy atom. The summed E-state index contributed by atoms with van der Waals surface area (Å²) in [7, 11) is -3.74. The molecule has 3 N–H and O–H groups in total. The highest BCUT2D eigenvalue weighted by atomic mass is 32.2. The summed E-state index contributed by atoms with van der Waals surface area (Å²) in [4.78, 5) is 25.9. The van der Waals surface area contributed by atoms with Crippen LogP contribution >= 0.6 is 0 Å². The molecule has 0 aliphatic rings. The van der Waals surface area contributed by atoms with E-state index in [1.807, 2.05) is 30.3 Å². The molecule has 0 radical (unpaired) electrons. The first-order chi connectivity index (χ1) is 13.9. The van der Waals surface area contributed by atoms with E-state index in [4.69, 9.17) is 0 Å². The number of aryl methyl sites for hydroxylation is 1. The molecule has 152 valence electrons. The summed E-state index contributed by atoms with van der Waals surface area (Å²) in [5, 5.41) is 3.42. The van der Waals surface area contributed by atoms with Crippen molar-refractivity contribution in [1.82, 2.24) is 15.0 Å². The number of fused-ring (bicyclic) bond motifs is 1. The predicted molar refractivity (Wildman–Crippen MR) is 112 cm³/mol. The summed E-state index contributed by atoms with van der Waals surface area (Å²) in [6, 6.07) is 17.4. The minimum atomic E-state index is -3.74. The van der Waals surface area contributed by atoms with Crippen LogP contribution in [0.3, 0.4) is 0 Å². The third kappa shape index (κ3) is 6.00. The number of benzene rings is 2. The summed E-state index contributed by atoms with van der Waals surface area (Å²) in [6.07, 6.45) is 1.76. The first kappa shape index (κ1) is 20.8. The monoisotopic (exact) mass is 413 g/mol. The van der Waals surface area contributed by atoms with Gasteiger partial charge in [-0.25, -0.2) is 13.1 Å². The number of nitrogens with one attached hydrogen (secondary N) is 3. The smallest absolute Gasteiger partial charge is 0.248 e. The Labute approximate surface area is 169 Å². The number of carbonyl (C=O) groups is 1. The molecule has 1 amide bonds. The van der Waals surface area contributed by atoms with E-state index in [0.29, 0.717) is 17.4 Å². The molecular weight excluding hydrogens is 390 g/mol. The van der Waals surface area contributed by atoms with Gasteiger partial charge in [-0.05, 0) is 48.1 Å². The standard InChI is InChI=1S/C21H23N3O4S/c25-20(22-13-4-7-16-5-2-1-3-6-16)12-14-23-29(27,28)18-9-10-19-17(15-18)8-11-21(26)24-19/h1-3,5-6,8-11,15,23H,4,7,12-14H2,(H,22,25)(H,24,26). The molecule has 8 heteroatoms. The van der Waals surface area contributed by atoms with Crippen molar-refractivity contribution in [2.75, 3.05) is 13.1 Å². The Balaban J connectivity index is 1.44. The maximum absolute atomic E-state index is 12.4. The minimum absolute atomic E-state index is 0.0104. The van der Waals surface area contributed by atoms with Gasteiger partial charge < -0.3 is 10.3 Å². The van der Waals surface area contributed by atoms with Crippen LogP contribution < -0.4 is 15.6 Å². The first-order valence-corrected chi connectivity index (χ1v) is 10.9. The van der Waals surface area contributed by atoms with Crippen molar-refractivity contribution in [3.8, 4) is 0 Å². The minimum Gasteiger partial charge on any atom is -0.356 e. The zero-order chi connectivity index (χ0) is 20.7. The van der Waals surface area contributed by atoms with E-state index in [1.165, 1.54) is 23.8 Å². The zero-order valence-corrected chi connectivity index (χ0v) is 16.7. The van der Waals surface area contributed by atoms with Crippen molar-refractivity contribution in [2.45, 2.75) is 24.2 Å².